The van der Waals surface area contributed by atoms with E-state index in [-0.39, 0.29) is 17.8 Å². The number of hydrogen-bond donors (Lipinski definition) is 1. The predicted octanol–water partition coefficient (Wildman–Crippen LogP) is 3.65. The number of amides is 1. The van der Waals surface area contributed by atoms with E-state index in [4.69, 9.17) is 4.52 Å². The van der Waals surface area contributed by atoms with Crippen LogP contribution in [-0.4, -0.2) is 35.2 Å². The maximum Gasteiger partial charge on any atom is 0.316 e. The van der Waals surface area contributed by atoms with Crippen molar-refractivity contribution in [2.45, 2.75) is 52.0 Å². The predicted molar refractivity (Wildman–Crippen MR) is 97.6 cm³/mol. The summed E-state index contributed by atoms with van der Waals surface area (Å²) in [6.45, 7) is 6.18. The second kappa shape index (κ2) is 8.14. The quantitative estimate of drug-likeness (QED) is 0.898. The van der Waals surface area contributed by atoms with E-state index in [0.717, 1.165) is 25.1 Å². The highest BCUT2D eigenvalue weighted by Gasteiger charge is 2.18. The number of anilines is 1. The van der Waals surface area contributed by atoms with Crippen molar-refractivity contribution < 1.29 is 9.32 Å². The Bertz CT molecular complexity index is 688. The third kappa shape index (κ3) is 4.38. The molecule has 0 bridgehead atoms. The number of rotatable bonds is 5. The van der Waals surface area contributed by atoms with Crippen LogP contribution in [0.4, 0.5) is 5.69 Å². The Morgan fingerprint density at radius 1 is 1.20 bits per heavy atom. The lowest BCUT2D eigenvalue weighted by Crippen LogP contribution is -2.32. The van der Waals surface area contributed by atoms with Gasteiger partial charge in [0.1, 0.15) is 0 Å². The van der Waals surface area contributed by atoms with Gasteiger partial charge in [-0.2, -0.15) is 4.98 Å². The maximum atomic E-state index is 12.0. The summed E-state index contributed by atoms with van der Waals surface area (Å²) in [5, 5.41) is 6.76. The second-order valence-corrected chi connectivity index (χ2v) is 6.65. The van der Waals surface area contributed by atoms with Crippen LogP contribution in [0, 0.1) is 0 Å². The molecule has 0 spiro atoms. The standard InChI is InChI=1S/C19H26N4O2/c1-3-14(2)20-18(24)19-21-17(22-25-19)15-8-10-16(11-9-15)23-12-6-4-5-7-13-23/h8-11,14H,3-7,12-13H2,1-2H3,(H,20,24)/t14-/m0/s1. The van der Waals surface area contributed by atoms with Crippen molar-refractivity contribution in [1.82, 2.24) is 15.5 Å². The molecule has 1 atom stereocenters. The topological polar surface area (TPSA) is 71.3 Å². The first-order valence-corrected chi connectivity index (χ1v) is 9.17. The summed E-state index contributed by atoms with van der Waals surface area (Å²) in [5.41, 5.74) is 2.08. The minimum Gasteiger partial charge on any atom is -0.372 e. The van der Waals surface area contributed by atoms with E-state index in [1.165, 1.54) is 31.4 Å². The summed E-state index contributed by atoms with van der Waals surface area (Å²) in [7, 11) is 0. The third-order valence-electron chi connectivity index (χ3n) is 4.71. The minimum atomic E-state index is -0.325. The normalized spacial score (nSPS) is 16.3. The molecule has 1 amide bonds. The number of benzene rings is 1. The van der Waals surface area contributed by atoms with E-state index < -0.39 is 0 Å². The maximum absolute atomic E-state index is 12.0. The van der Waals surface area contributed by atoms with Crippen LogP contribution < -0.4 is 10.2 Å². The number of aromatic nitrogens is 2. The van der Waals surface area contributed by atoms with Gasteiger partial charge in [0.05, 0.1) is 0 Å². The van der Waals surface area contributed by atoms with Crippen LogP contribution in [0.1, 0.15) is 56.6 Å². The second-order valence-electron chi connectivity index (χ2n) is 6.65. The molecule has 6 nitrogen and oxygen atoms in total. The molecule has 1 fully saturated rings. The van der Waals surface area contributed by atoms with E-state index in [1.807, 2.05) is 26.0 Å². The molecular formula is C19H26N4O2. The molecule has 2 aromatic rings. The number of carbonyl (C=O) groups is 1. The zero-order valence-corrected chi connectivity index (χ0v) is 15.0. The van der Waals surface area contributed by atoms with Gasteiger partial charge in [0, 0.05) is 30.4 Å². The van der Waals surface area contributed by atoms with E-state index in [9.17, 15) is 4.79 Å². The van der Waals surface area contributed by atoms with Crippen molar-refractivity contribution in [1.29, 1.82) is 0 Å². The number of carbonyl (C=O) groups excluding carboxylic acids is 1. The first-order valence-electron chi connectivity index (χ1n) is 9.17. The molecule has 1 aliphatic rings. The van der Waals surface area contributed by atoms with Gasteiger partial charge in [-0.1, -0.05) is 24.9 Å². The fourth-order valence-electron chi connectivity index (χ4n) is 2.97. The Balaban J connectivity index is 1.69. The number of nitrogens with zero attached hydrogens (tertiary/aromatic N) is 3. The molecule has 0 unspecified atom stereocenters. The molecule has 1 saturated heterocycles. The molecule has 6 heteroatoms. The zero-order valence-electron chi connectivity index (χ0n) is 15.0. The SMILES string of the molecule is CC[C@H](C)NC(=O)c1nc(-c2ccc(N3CCCCCC3)cc2)no1. The molecule has 0 saturated carbocycles. The Morgan fingerprint density at radius 3 is 2.52 bits per heavy atom. The van der Waals surface area contributed by atoms with E-state index in [1.54, 1.807) is 0 Å². The average molecular weight is 342 g/mol. The van der Waals surface area contributed by atoms with Gasteiger partial charge < -0.3 is 14.7 Å². The van der Waals surface area contributed by atoms with Gasteiger partial charge in [-0.25, -0.2) is 0 Å². The molecule has 1 aromatic carbocycles. The van der Waals surface area contributed by atoms with Crippen LogP contribution in [0.2, 0.25) is 0 Å². The van der Waals surface area contributed by atoms with Crippen molar-refractivity contribution in [2.75, 3.05) is 18.0 Å². The van der Waals surface area contributed by atoms with Gasteiger partial charge in [-0.3, -0.25) is 4.79 Å². The Kier molecular flexibility index (Phi) is 5.68. The molecule has 0 aliphatic carbocycles. The van der Waals surface area contributed by atoms with Crippen molar-refractivity contribution in [3.8, 4) is 11.4 Å². The van der Waals surface area contributed by atoms with Gasteiger partial charge in [0.25, 0.3) is 0 Å². The van der Waals surface area contributed by atoms with Crippen LogP contribution in [0.5, 0.6) is 0 Å². The zero-order chi connectivity index (χ0) is 17.6. The molecule has 3 rings (SSSR count). The molecule has 1 aliphatic heterocycles. The van der Waals surface area contributed by atoms with E-state index >= 15 is 0 Å². The molecule has 1 N–H and O–H groups in total. The Labute approximate surface area is 148 Å². The van der Waals surface area contributed by atoms with Gasteiger partial charge in [-0.05, 0) is 50.5 Å². The van der Waals surface area contributed by atoms with Crippen LogP contribution in [0.15, 0.2) is 28.8 Å². The largest absolute Gasteiger partial charge is 0.372 e. The lowest BCUT2D eigenvalue weighted by Gasteiger charge is -2.22. The molecule has 134 valence electrons. The first-order chi connectivity index (χ1) is 12.2. The van der Waals surface area contributed by atoms with Gasteiger partial charge in [-0.15, -0.1) is 0 Å². The average Bonchev–Trinajstić information content (AvgIpc) is 2.98. The highest BCUT2D eigenvalue weighted by molar-refractivity contribution is 5.90. The van der Waals surface area contributed by atoms with Crippen molar-refractivity contribution in [3.63, 3.8) is 0 Å². The van der Waals surface area contributed by atoms with Crippen LogP contribution >= 0.6 is 0 Å². The highest BCUT2D eigenvalue weighted by atomic mass is 16.5. The van der Waals surface area contributed by atoms with Crippen molar-refractivity contribution in [3.05, 3.63) is 30.2 Å². The van der Waals surface area contributed by atoms with Crippen LogP contribution in [0.3, 0.4) is 0 Å². The van der Waals surface area contributed by atoms with E-state index in [2.05, 4.69) is 32.5 Å². The van der Waals surface area contributed by atoms with E-state index in [0.29, 0.717) is 5.82 Å². The molecule has 1 aromatic heterocycles. The fraction of sp³-hybridized carbons (Fsp3) is 0.526. The molecule has 0 radical (unpaired) electrons. The summed E-state index contributed by atoms with van der Waals surface area (Å²) < 4.78 is 5.11. The van der Waals surface area contributed by atoms with Gasteiger partial charge >= 0.3 is 11.8 Å². The van der Waals surface area contributed by atoms with Crippen molar-refractivity contribution in [2.24, 2.45) is 0 Å². The van der Waals surface area contributed by atoms with Crippen LogP contribution in [-0.2, 0) is 0 Å². The molecular weight excluding hydrogens is 316 g/mol. The molecule has 2 heterocycles. The number of nitrogens with one attached hydrogen (secondary N) is 1. The Hall–Kier alpha value is -2.37. The molecule has 25 heavy (non-hydrogen) atoms. The third-order valence-corrected chi connectivity index (χ3v) is 4.71. The van der Waals surface area contributed by atoms with Gasteiger partial charge in [0.2, 0.25) is 5.82 Å². The highest BCUT2D eigenvalue weighted by Crippen LogP contribution is 2.23. The fourth-order valence-corrected chi connectivity index (χ4v) is 2.97. The van der Waals surface area contributed by atoms with Crippen LogP contribution in [0.25, 0.3) is 11.4 Å². The number of hydrogen-bond acceptors (Lipinski definition) is 5. The van der Waals surface area contributed by atoms with Crippen molar-refractivity contribution >= 4 is 11.6 Å². The summed E-state index contributed by atoms with van der Waals surface area (Å²) in [5.74, 6) is 0.123. The summed E-state index contributed by atoms with van der Waals surface area (Å²) >= 11 is 0. The summed E-state index contributed by atoms with van der Waals surface area (Å²) in [6, 6.07) is 8.24. The minimum absolute atomic E-state index is 0.00638. The lowest BCUT2D eigenvalue weighted by molar-refractivity contribution is 0.0895. The lowest BCUT2D eigenvalue weighted by atomic mass is 10.2. The Morgan fingerprint density at radius 2 is 1.88 bits per heavy atom. The monoisotopic (exact) mass is 342 g/mol. The first kappa shape index (κ1) is 17.5. The smallest absolute Gasteiger partial charge is 0.316 e. The summed E-state index contributed by atoms with van der Waals surface area (Å²) in [4.78, 5) is 18.7. The summed E-state index contributed by atoms with van der Waals surface area (Å²) in [6.07, 6.45) is 5.99. The van der Waals surface area contributed by atoms with Gasteiger partial charge in [0.15, 0.2) is 0 Å².